The Morgan fingerprint density at radius 1 is 1.27 bits per heavy atom. The maximum atomic E-state index is 12.8. The summed E-state index contributed by atoms with van der Waals surface area (Å²) in [5, 5.41) is 0. The van der Waals surface area contributed by atoms with E-state index in [-0.39, 0.29) is 13.2 Å². The third kappa shape index (κ3) is 3.89. The summed E-state index contributed by atoms with van der Waals surface area (Å²) in [7, 11) is 0. The molecule has 0 heterocycles. The summed E-state index contributed by atoms with van der Waals surface area (Å²) in [5.41, 5.74) is 6.62. The number of hydrogen-bond acceptors (Lipinski definition) is 2. The van der Waals surface area contributed by atoms with Crippen molar-refractivity contribution < 1.29 is 17.9 Å². The van der Waals surface area contributed by atoms with Crippen LogP contribution in [0.25, 0.3) is 0 Å². The zero-order valence-corrected chi connectivity index (χ0v) is 8.05. The minimum atomic E-state index is -2.51. The van der Waals surface area contributed by atoms with Gasteiger partial charge in [-0.15, -0.1) is 0 Å². The molecule has 1 aromatic carbocycles. The third-order valence-electron chi connectivity index (χ3n) is 1.89. The van der Waals surface area contributed by atoms with E-state index >= 15 is 0 Å². The maximum absolute atomic E-state index is 12.8. The largest absolute Gasteiger partial charge is 0.371 e. The Labute approximate surface area is 85.8 Å². The molecule has 0 amide bonds. The molecular weight excluding hydrogens is 207 g/mol. The van der Waals surface area contributed by atoms with Crippen LogP contribution in [-0.4, -0.2) is 13.0 Å². The number of nitrogens with two attached hydrogens (primary N) is 1. The first kappa shape index (κ1) is 12.0. The van der Waals surface area contributed by atoms with Crippen LogP contribution in [0.5, 0.6) is 0 Å². The average Bonchev–Trinajstić information content (AvgIpc) is 2.17. The van der Waals surface area contributed by atoms with E-state index in [2.05, 4.69) is 0 Å². The molecule has 2 N–H and O–H groups in total. The van der Waals surface area contributed by atoms with Gasteiger partial charge >= 0.3 is 0 Å². The molecule has 0 bridgehead atoms. The number of hydrogen-bond donors (Lipinski definition) is 1. The second-order valence-electron chi connectivity index (χ2n) is 3.02. The molecule has 0 spiro atoms. The highest BCUT2D eigenvalue weighted by Gasteiger charge is 2.06. The highest BCUT2D eigenvalue weighted by atomic mass is 19.3. The molecule has 0 fully saturated rings. The van der Waals surface area contributed by atoms with Gasteiger partial charge in [0, 0.05) is 6.54 Å². The van der Waals surface area contributed by atoms with Crippen molar-refractivity contribution in [2.24, 2.45) is 5.73 Å². The number of ether oxygens (including phenoxy) is 1. The molecule has 5 heteroatoms. The third-order valence-corrected chi connectivity index (χ3v) is 1.89. The van der Waals surface area contributed by atoms with Crippen molar-refractivity contribution >= 4 is 0 Å². The summed E-state index contributed by atoms with van der Waals surface area (Å²) < 4.78 is 41.1. The molecule has 0 aliphatic rings. The lowest BCUT2D eigenvalue weighted by atomic mass is 10.1. The van der Waals surface area contributed by atoms with Crippen LogP contribution in [0, 0.1) is 5.82 Å². The molecule has 0 atom stereocenters. The van der Waals surface area contributed by atoms with E-state index in [0.717, 1.165) is 0 Å². The van der Waals surface area contributed by atoms with Gasteiger partial charge in [-0.05, 0) is 23.3 Å². The molecule has 0 radical (unpaired) electrons. The Bertz CT molecular complexity index is 318. The Morgan fingerprint density at radius 2 is 2.00 bits per heavy atom. The van der Waals surface area contributed by atoms with Crippen molar-refractivity contribution in [2.45, 2.75) is 19.6 Å². The van der Waals surface area contributed by atoms with E-state index in [9.17, 15) is 13.2 Å². The minimum absolute atomic E-state index is 0.0470. The highest BCUT2D eigenvalue weighted by Crippen LogP contribution is 2.12. The lowest BCUT2D eigenvalue weighted by molar-refractivity contribution is 0.00961. The summed E-state index contributed by atoms with van der Waals surface area (Å²) in [6.07, 6.45) is -2.51. The fourth-order valence-electron chi connectivity index (χ4n) is 1.19. The van der Waals surface area contributed by atoms with Gasteiger partial charge in [-0.25, -0.2) is 13.2 Å². The van der Waals surface area contributed by atoms with Crippen LogP contribution in [0.4, 0.5) is 13.2 Å². The number of alkyl halides is 2. The standard InChI is InChI=1S/C10H12F3NO/c11-9-2-1-7(4-14)8(3-9)5-15-6-10(12)13/h1-3,10H,4-6,14H2. The van der Waals surface area contributed by atoms with Crippen LogP contribution < -0.4 is 5.73 Å². The van der Waals surface area contributed by atoms with E-state index in [1.54, 1.807) is 0 Å². The first-order valence-corrected chi connectivity index (χ1v) is 4.46. The van der Waals surface area contributed by atoms with E-state index in [4.69, 9.17) is 10.5 Å². The molecule has 2 nitrogen and oxygen atoms in total. The average molecular weight is 219 g/mol. The number of benzene rings is 1. The Balaban J connectivity index is 2.62. The number of halogens is 3. The van der Waals surface area contributed by atoms with Gasteiger partial charge in [-0.2, -0.15) is 0 Å². The predicted octanol–water partition coefficient (Wildman–Crippen LogP) is 2.07. The monoisotopic (exact) mass is 219 g/mol. The van der Waals surface area contributed by atoms with Crippen molar-refractivity contribution in [1.29, 1.82) is 0 Å². The summed E-state index contributed by atoms with van der Waals surface area (Å²) in [4.78, 5) is 0. The Hall–Kier alpha value is -1.07. The fourth-order valence-corrected chi connectivity index (χ4v) is 1.19. The quantitative estimate of drug-likeness (QED) is 0.822. The molecule has 0 saturated carbocycles. The van der Waals surface area contributed by atoms with E-state index in [1.807, 2.05) is 0 Å². The molecule has 1 rings (SSSR count). The van der Waals surface area contributed by atoms with Crippen LogP contribution >= 0.6 is 0 Å². The molecule has 15 heavy (non-hydrogen) atoms. The zero-order chi connectivity index (χ0) is 11.3. The molecule has 1 aromatic rings. The van der Waals surface area contributed by atoms with Crippen LogP contribution in [0.15, 0.2) is 18.2 Å². The van der Waals surface area contributed by atoms with Gasteiger partial charge in [-0.3, -0.25) is 0 Å². The lowest BCUT2D eigenvalue weighted by Gasteiger charge is -2.08. The lowest BCUT2D eigenvalue weighted by Crippen LogP contribution is -2.07. The van der Waals surface area contributed by atoms with Gasteiger partial charge < -0.3 is 10.5 Å². The first-order chi connectivity index (χ1) is 7.13. The minimum Gasteiger partial charge on any atom is -0.371 e. The van der Waals surface area contributed by atoms with Crippen molar-refractivity contribution in [3.63, 3.8) is 0 Å². The van der Waals surface area contributed by atoms with Crippen LogP contribution in [0.3, 0.4) is 0 Å². The summed E-state index contributed by atoms with van der Waals surface area (Å²) in [6, 6.07) is 4.04. The van der Waals surface area contributed by atoms with Crippen molar-refractivity contribution in [1.82, 2.24) is 0 Å². The normalized spacial score (nSPS) is 11.0. The number of rotatable bonds is 5. The summed E-state index contributed by atoms with van der Waals surface area (Å²) in [6.45, 7) is -0.469. The van der Waals surface area contributed by atoms with Gasteiger partial charge in [-0.1, -0.05) is 6.07 Å². The Morgan fingerprint density at radius 3 is 2.60 bits per heavy atom. The van der Waals surface area contributed by atoms with Gasteiger partial charge in [0.15, 0.2) is 0 Å². The van der Waals surface area contributed by atoms with Gasteiger partial charge in [0.2, 0.25) is 0 Å². The summed E-state index contributed by atoms with van der Waals surface area (Å²) in [5.74, 6) is -0.428. The van der Waals surface area contributed by atoms with Gasteiger partial charge in [0.1, 0.15) is 12.4 Å². The van der Waals surface area contributed by atoms with Crippen LogP contribution in [0.1, 0.15) is 11.1 Å². The second-order valence-corrected chi connectivity index (χ2v) is 3.02. The molecule has 0 aliphatic heterocycles. The molecule has 0 aromatic heterocycles. The van der Waals surface area contributed by atoms with Crippen LogP contribution in [0.2, 0.25) is 0 Å². The zero-order valence-electron chi connectivity index (χ0n) is 8.05. The smallest absolute Gasteiger partial charge is 0.261 e. The topological polar surface area (TPSA) is 35.2 Å². The van der Waals surface area contributed by atoms with Crippen molar-refractivity contribution in [3.05, 3.63) is 35.1 Å². The Kier molecular flexibility index (Phi) is 4.58. The predicted molar refractivity (Wildman–Crippen MR) is 50.0 cm³/mol. The molecular formula is C10H12F3NO. The van der Waals surface area contributed by atoms with Crippen molar-refractivity contribution in [2.75, 3.05) is 6.61 Å². The van der Waals surface area contributed by atoms with Gasteiger partial charge in [0.25, 0.3) is 6.43 Å². The van der Waals surface area contributed by atoms with E-state index in [1.165, 1.54) is 18.2 Å². The SMILES string of the molecule is NCc1ccc(F)cc1COCC(F)F. The molecule has 84 valence electrons. The van der Waals surface area contributed by atoms with Crippen molar-refractivity contribution in [3.8, 4) is 0 Å². The molecule has 0 unspecified atom stereocenters. The second kappa shape index (κ2) is 5.72. The summed E-state index contributed by atoms with van der Waals surface area (Å²) >= 11 is 0. The van der Waals surface area contributed by atoms with Crippen LogP contribution in [-0.2, 0) is 17.9 Å². The van der Waals surface area contributed by atoms with E-state index < -0.39 is 18.8 Å². The van der Waals surface area contributed by atoms with E-state index in [0.29, 0.717) is 11.1 Å². The van der Waals surface area contributed by atoms with Gasteiger partial charge in [0.05, 0.1) is 6.61 Å². The first-order valence-electron chi connectivity index (χ1n) is 4.46. The molecule has 0 aliphatic carbocycles. The fraction of sp³-hybridized carbons (Fsp3) is 0.400. The highest BCUT2D eigenvalue weighted by molar-refractivity contribution is 5.27. The molecule has 0 saturated heterocycles. The maximum Gasteiger partial charge on any atom is 0.261 e.